The van der Waals surface area contributed by atoms with Crippen LogP contribution in [0, 0.1) is 0 Å². The fraction of sp³-hybridized carbons (Fsp3) is 0.259. The van der Waals surface area contributed by atoms with Gasteiger partial charge in [-0.3, -0.25) is 0 Å². The highest BCUT2D eigenvalue weighted by Crippen LogP contribution is 2.33. The zero-order chi connectivity index (χ0) is 25.7. The Morgan fingerprint density at radius 1 is 1.03 bits per heavy atom. The van der Waals surface area contributed by atoms with Crippen LogP contribution in [-0.2, 0) is 28.7 Å². The Hall–Kier alpha value is -3.85. The van der Waals surface area contributed by atoms with Gasteiger partial charge < -0.3 is 19.1 Å². The molecule has 0 fully saturated rings. The zero-order valence-corrected chi connectivity index (χ0v) is 19.5. The number of ether oxygens (including phenoxy) is 2. The SMILES string of the molecule is CCOC(Cc1ccc(OCCn2c(C(F)(F)F)nc3cc(-c4ccccc4)ccc32)cc1)C(=O)O. The van der Waals surface area contributed by atoms with Gasteiger partial charge in [0.05, 0.1) is 17.6 Å². The molecule has 0 bridgehead atoms. The minimum absolute atomic E-state index is 0.00891. The average molecular weight is 499 g/mol. The van der Waals surface area contributed by atoms with E-state index in [9.17, 15) is 23.1 Å². The van der Waals surface area contributed by atoms with Gasteiger partial charge in [0.15, 0.2) is 6.10 Å². The van der Waals surface area contributed by atoms with Gasteiger partial charge in [-0.15, -0.1) is 0 Å². The van der Waals surface area contributed by atoms with Gasteiger partial charge in [0.1, 0.15) is 12.4 Å². The number of carbonyl (C=O) groups is 1. The number of halogens is 3. The number of imidazole rings is 1. The standard InChI is InChI=1S/C27H25F3N2O4/c1-2-35-24(25(33)34)16-18-8-11-21(12-9-18)36-15-14-32-23-13-10-20(19-6-4-3-5-7-19)17-22(23)31-26(32)27(28,29)30/h3-13,17,24H,2,14-16H2,1H3,(H,33,34). The highest BCUT2D eigenvalue weighted by Gasteiger charge is 2.37. The van der Waals surface area contributed by atoms with Crippen molar-refractivity contribution < 1.29 is 32.5 Å². The number of carboxylic acids is 1. The van der Waals surface area contributed by atoms with Crippen molar-refractivity contribution in [2.45, 2.75) is 32.2 Å². The van der Waals surface area contributed by atoms with Gasteiger partial charge in [0.2, 0.25) is 5.82 Å². The molecule has 0 saturated carbocycles. The van der Waals surface area contributed by atoms with Crippen molar-refractivity contribution in [2.75, 3.05) is 13.2 Å². The van der Waals surface area contributed by atoms with E-state index in [2.05, 4.69) is 4.98 Å². The van der Waals surface area contributed by atoms with Gasteiger partial charge in [-0.1, -0.05) is 48.5 Å². The lowest BCUT2D eigenvalue weighted by atomic mass is 10.1. The molecule has 1 N–H and O–H groups in total. The molecule has 4 rings (SSSR count). The number of hydrogen-bond acceptors (Lipinski definition) is 4. The smallest absolute Gasteiger partial charge is 0.449 e. The lowest BCUT2D eigenvalue weighted by molar-refractivity contribution is -0.150. The number of fused-ring (bicyclic) bond motifs is 1. The molecule has 188 valence electrons. The first-order valence-electron chi connectivity index (χ1n) is 11.5. The maximum Gasteiger partial charge on any atom is 0.449 e. The van der Waals surface area contributed by atoms with Crippen molar-refractivity contribution in [3.8, 4) is 16.9 Å². The molecule has 1 aromatic heterocycles. The fourth-order valence-electron chi connectivity index (χ4n) is 3.99. The van der Waals surface area contributed by atoms with Crippen LogP contribution in [0.4, 0.5) is 13.2 Å². The van der Waals surface area contributed by atoms with Crippen LogP contribution in [0.3, 0.4) is 0 Å². The molecule has 0 spiro atoms. The first-order chi connectivity index (χ1) is 17.3. The van der Waals surface area contributed by atoms with Gasteiger partial charge in [0.25, 0.3) is 0 Å². The zero-order valence-electron chi connectivity index (χ0n) is 19.5. The summed E-state index contributed by atoms with van der Waals surface area (Å²) in [5.41, 5.74) is 3.06. The second-order valence-electron chi connectivity index (χ2n) is 8.13. The largest absolute Gasteiger partial charge is 0.492 e. The van der Waals surface area contributed by atoms with Gasteiger partial charge in [0, 0.05) is 13.0 Å². The molecule has 1 unspecified atom stereocenters. The lowest BCUT2D eigenvalue weighted by Crippen LogP contribution is -2.26. The van der Waals surface area contributed by atoms with Crippen molar-refractivity contribution in [3.63, 3.8) is 0 Å². The van der Waals surface area contributed by atoms with Gasteiger partial charge in [-0.2, -0.15) is 13.2 Å². The third kappa shape index (κ3) is 5.85. The molecule has 9 heteroatoms. The van der Waals surface area contributed by atoms with Crippen LogP contribution < -0.4 is 4.74 Å². The van der Waals surface area contributed by atoms with E-state index >= 15 is 0 Å². The predicted molar refractivity (Wildman–Crippen MR) is 129 cm³/mol. The third-order valence-corrected chi connectivity index (χ3v) is 5.68. The summed E-state index contributed by atoms with van der Waals surface area (Å²) in [5.74, 6) is -1.55. The molecule has 1 atom stereocenters. The highest BCUT2D eigenvalue weighted by atomic mass is 19.4. The van der Waals surface area contributed by atoms with E-state index in [0.29, 0.717) is 11.3 Å². The van der Waals surface area contributed by atoms with Crippen LogP contribution in [0.5, 0.6) is 5.75 Å². The third-order valence-electron chi connectivity index (χ3n) is 5.68. The van der Waals surface area contributed by atoms with Crippen molar-refractivity contribution in [2.24, 2.45) is 0 Å². The average Bonchev–Trinajstić information content (AvgIpc) is 3.24. The Morgan fingerprint density at radius 2 is 1.75 bits per heavy atom. The Bertz CT molecular complexity index is 1320. The van der Waals surface area contributed by atoms with Crippen LogP contribution >= 0.6 is 0 Å². The molecule has 0 radical (unpaired) electrons. The summed E-state index contributed by atoms with van der Waals surface area (Å²) >= 11 is 0. The van der Waals surface area contributed by atoms with E-state index in [4.69, 9.17) is 9.47 Å². The highest BCUT2D eigenvalue weighted by molar-refractivity contribution is 5.82. The second-order valence-corrected chi connectivity index (χ2v) is 8.13. The Morgan fingerprint density at radius 3 is 2.39 bits per heavy atom. The van der Waals surface area contributed by atoms with Gasteiger partial charge in [-0.05, 0) is 47.9 Å². The molecule has 0 amide bonds. The van der Waals surface area contributed by atoms with E-state index in [1.807, 2.05) is 30.3 Å². The van der Waals surface area contributed by atoms with Crippen molar-refractivity contribution in [1.29, 1.82) is 0 Å². The first-order valence-corrected chi connectivity index (χ1v) is 11.5. The quantitative estimate of drug-likeness (QED) is 0.298. The molecule has 3 aromatic carbocycles. The van der Waals surface area contributed by atoms with Gasteiger partial charge in [-0.25, -0.2) is 9.78 Å². The number of aliphatic carboxylic acids is 1. The normalized spacial score (nSPS) is 12.6. The van der Waals surface area contributed by atoms with Crippen molar-refractivity contribution in [3.05, 3.63) is 84.2 Å². The monoisotopic (exact) mass is 498 g/mol. The second kappa shape index (κ2) is 10.8. The number of rotatable bonds is 10. The molecule has 1 heterocycles. The minimum atomic E-state index is -4.62. The first kappa shape index (κ1) is 25.2. The Kier molecular flexibility index (Phi) is 7.59. The number of benzene rings is 3. The number of carboxylic acid groups (broad SMARTS) is 1. The summed E-state index contributed by atoms with van der Waals surface area (Å²) in [5, 5.41) is 9.22. The molecular formula is C27H25F3N2O4. The molecule has 4 aromatic rings. The topological polar surface area (TPSA) is 73.6 Å². The van der Waals surface area contributed by atoms with Gasteiger partial charge >= 0.3 is 12.1 Å². The molecule has 0 aliphatic heterocycles. The predicted octanol–water partition coefficient (Wildman–Crippen LogP) is 5.83. The minimum Gasteiger partial charge on any atom is -0.492 e. The molecule has 36 heavy (non-hydrogen) atoms. The maximum absolute atomic E-state index is 13.7. The van der Waals surface area contributed by atoms with E-state index in [1.54, 1.807) is 49.4 Å². The van der Waals surface area contributed by atoms with Crippen LogP contribution in [0.2, 0.25) is 0 Å². The lowest BCUT2D eigenvalue weighted by Gasteiger charge is -2.14. The Labute approximate surface area is 205 Å². The number of aromatic nitrogens is 2. The summed E-state index contributed by atoms with van der Waals surface area (Å²) in [6, 6.07) is 21.2. The van der Waals surface area contributed by atoms with E-state index in [0.717, 1.165) is 21.3 Å². The molecule has 0 aliphatic rings. The molecule has 0 aliphatic carbocycles. The number of alkyl halides is 3. The number of nitrogens with zero attached hydrogens (tertiary/aromatic N) is 2. The Balaban J connectivity index is 1.48. The molecule has 6 nitrogen and oxygen atoms in total. The van der Waals surface area contributed by atoms with Crippen LogP contribution in [0.1, 0.15) is 18.3 Å². The summed E-state index contributed by atoms with van der Waals surface area (Å²) in [6.07, 6.45) is -5.36. The van der Waals surface area contributed by atoms with Crippen LogP contribution in [-0.4, -0.2) is 39.9 Å². The van der Waals surface area contributed by atoms with Crippen LogP contribution in [0.15, 0.2) is 72.8 Å². The van der Waals surface area contributed by atoms with E-state index in [-0.39, 0.29) is 31.7 Å². The van der Waals surface area contributed by atoms with Crippen molar-refractivity contribution >= 4 is 17.0 Å². The summed E-state index contributed by atoms with van der Waals surface area (Å²) < 4.78 is 53.3. The van der Waals surface area contributed by atoms with E-state index in [1.165, 1.54) is 0 Å². The molecule has 0 saturated heterocycles. The summed E-state index contributed by atoms with van der Waals surface area (Å²) in [4.78, 5) is 15.1. The van der Waals surface area contributed by atoms with Crippen LogP contribution in [0.25, 0.3) is 22.2 Å². The fourth-order valence-corrected chi connectivity index (χ4v) is 3.99. The summed E-state index contributed by atoms with van der Waals surface area (Å²) in [6.45, 7) is 1.95. The van der Waals surface area contributed by atoms with Crippen molar-refractivity contribution in [1.82, 2.24) is 9.55 Å². The maximum atomic E-state index is 13.7. The van der Waals surface area contributed by atoms with E-state index < -0.39 is 24.1 Å². The molecular weight excluding hydrogens is 473 g/mol. The summed E-state index contributed by atoms with van der Waals surface area (Å²) in [7, 11) is 0. The number of hydrogen-bond donors (Lipinski definition) is 1.